The monoisotopic (exact) mass is 258 g/mol. The SMILES string of the molecule is C1=c2ccccc2=CC1CCC1C=c2ccccc2=C1. The summed E-state index contributed by atoms with van der Waals surface area (Å²) in [7, 11) is 0. The molecule has 0 fully saturated rings. The predicted molar refractivity (Wildman–Crippen MR) is 85.5 cm³/mol. The van der Waals surface area contributed by atoms with Crippen LogP contribution in [0.1, 0.15) is 12.8 Å². The van der Waals surface area contributed by atoms with Crippen molar-refractivity contribution in [3.63, 3.8) is 0 Å². The molecule has 0 spiro atoms. The van der Waals surface area contributed by atoms with Gasteiger partial charge in [0.1, 0.15) is 0 Å². The van der Waals surface area contributed by atoms with Crippen LogP contribution in [0.5, 0.6) is 0 Å². The third-order valence-corrected chi connectivity index (χ3v) is 4.40. The van der Waals surface area contributed by atoms with Crippen LogP contribution in [-0.2, 0) is 0 Å². The highest BCUT2D eigenvalue weighted by Crippen LogP contribution is 2.19. The highest BCUT2D eigenvalue weighted by atomic mass is 14.2. The number of hydrogen-bond donors (Lipinski definition) is 0. The first-order valence-corrected chi connectivity index (χ1v) is 7.46. The fourth-order valence-electron chi connectivity index (χ4n) is 3.37. The Morgan fingerprint density at radius 2 is 0.800 bits per heavy atom. The zero-order chi connectivity index (χ0) is 13.4. The van der Waals surface area contributed by atoms with Crippen molar-refractivity contribution in [2.24, 2.45) is 11.8 Å². The number of benzene rings is 2. The topological polar surface area (TPSA) is 0 Å². The van der Waals surface area contributed by atoms with E-state index in [1.165, 1.54) is 33.7 Å². The normalized spacial score (nSPS) is 16.6. The molecule has 0 aliphatic heterocycles. The standard InChI is InChI=1S/C20H18/c1-2-6-18-12-15(11-17(18)5-1)9-10-16-13-19-7-3-4-8-20(19)14-16/h1-8,11-16H,9-10H2. The summed E-state index contributed by atoms with van der Waals surface area (Å²) in [6.45, 7) is 0. The summed E-state index contributed by atoms with van der Waals surface area (Å²) < 4.78 is 0. The minimum Gasteiger partial charge on any atom is -0.0697 e. The van der Waals surface area contributed by atoms with E-state index in [0.717, 1.165) is 0 Å². The van der Waals surface area contributed by atoms with Crippen molar-refractivity contribution in [1.29, 1.82) is 0 Å². The number of fused-ring (bicyclic) bond motifs is 2. The second-order valence-corrected chi connectivity index (χ2v) is 5.83. The first-order chi connectivity index (χ1) is 9.88. The quantitative estimate of drug-likeness (QED) is 0.783. The van der Waals surface area contributed by atoms with Crippen LogP contribution in [0.3, 0.4) is 0 Å². The van der Waals surface area contributed by atoms with Gasteiger partial charge < -0.3 is 0 Å². The highest BCUT2D eigenvalue weighted by Gasteiger charge is 2.11. The van der Waals surface area contributed by atoms with E-state index in [4.69, 9.17) is 0 Å². The van der Waals surface area contributed by atoms with Gasteiger partial charge in [0.25, 0.3) is 0 Å². The number of rotatable bonds is 3. The molecule has 0 heteroatoms. The second-order valence-electron chi connectivity index (χ2n) is 5.83. The smallest absolute Gasteiger partial charge is 0.00348 e. The largest absolute Gasteiger partial charge is 0.0697 e. The van der Waals surface area contributed by atoms with Crippen molar-refractivity contribution < 1.29 is 0 Å². The molecule has 0 unspecified atom stereocenters. The van der Waals surface area contributed by atoms with Crippen LogP contribution in [0.25, 0.3) is 24.3 Å². The molecular weight excluding hydrogens is 240 g/mol. The molecule has 0 radical (unpaired) electrons. The summed E-state index contributed by atoms with van der Waals surface area (Å²) in [5, 5.41) is 5.61. The van der Waals surface area contributed by atoms with Crippen molar-refractivity contribution in [3.05, 3.63) is 69.4 Å². The van der Waals surface area contributed by atoms with Gasteiger partial charge in [0.15, 0.2) is 0 Å². The molecule has 0 saturated carbocycles. The molecule has 0 heterocycles. The first-order valence-electron chi connectivity index (χ1n) is 7.46. The molecule has 0 nitrogen and oxygen atoms in total. The van der Waals surface area contributed by atoms with Gasteiger partial charge in [-0.3, -0.25) is 0 Å². The average Bonchev–Trinajstić information content (AvgIpc) is 3.07. The van der Waals surface area contributed by atoms with Gasteiger partial charge in [0.2, 0.25) is 0 Å². The molecule has 0 N–H and O–H groups in total. The van der Waals surface area contributed by atoms with Crippen LogP contribution >= 0.6 is 0 Å². The van der Waals surface area contributed by atoms with Crippen molar-refractivity contribution in [1.82, 2.24) is 0 Å². The molecule has 0 bridgehead atoms. The molecule has 2 aromatic rings. The molecule has 0 atom stereocenters. The van der Waals surface area contributed by atoms with E-state index in [0.29, 0.717) is 11.8 Å². The van der Waals surface area contributed by atoms with E-state index in [9.17, 15) is 0 Å². The van der Waals surface area contributed by atoms with E-state index >= 15 is 0 Å². The average molecular weight is 258 g/mol. The minimum absolute atomic E-state index is 0.609. The fraction of sp³-hybridized carbons (Fsp3) is 0.200. The van der Waals surface area contributed by atoms with Gasteiger partial charge in [-0.25, -0.2) is 0 Å². The highest BCUT2D eigenvalue weighted by molar-refractivity contribution is 5.52. The Labute approximate surface area is 119 Å². The molecule has 0 amide bonds. The summed E-state index contributed by atoms with van der Waals surface area (Å²) >= 11 is 0. The van der Waals surface area contributed by atoms with Crippen LogP contribution in [0.2, 0.25) is 0 Å². The summed E-state index contributed by atoms with van der Waals surface area (Å²) in [5.41, 5.74) is 0. The van der Waals surface area contributed by atoms with E-state index in [1.54, 1.807) is 0 Å². The van der Waals surface area contributed by atoms with Crippen LogP contribution in [0.15, 0.2) is 48.5 Å². The van der Waals surface area contributed by atoms with Crippen molar-refractivity contribution >= 4 is 24.3 Å². The molecule has 2 aromatic carbocycles. The molecule has 2 aliphatic rings. The molecule has 20 heavy (non-hydrogen) atoms. The van der Waals surface area contributed by atoms with Crippen molar-refractivity contribution in [2.45, 2.75) is 12.8 Å². The lowest BCUT2D eigenvalue weighted by atomic mass is 9.97. The molecule has 98 valence electrons. The van der Waals surface area contributed by atoms with Gasteiger partial charge in [-0.1, -0.05) is 72.8 Å². The van der Waals surface area contributed by atoms with Gasteiger partial charge in [-0.15, -0.1) is 0 Å². The maximum Gasteiger partial charge on any atom is -0.00348 e. The molecular formula is C20H18. The van der Waals surface area contributed by atoms with Crippen LogP contribution < -0.4 is 20.9 Å². The fourth-order valence-corrected chi connectivity index (χ4v) is 3.37. The Kier molecular flexibility index (Phi) is 2.81. The van der Waals surface area contributed by atoms with Gasteiger partial charge >= 0.3 is 0 Å². The van der Waals surface area contributed by atoms with Crippen molar-refractivity contribution in [2.75, 3.05) is 0 Å². The lowest BCUT2D eigenvalue weighted by molar-refractivity contribution is 0.666. The summed E-state index contributed by atoms with van der Waals surface area (Å²) in [6.07, 6.45) is 12.1. The van der Waals surface area contributed by atoms with Gasteiger partial charge in [0, 0.05) is 0 Å². The van der Waals surface area contributed by atoms with Crippen LogP contribution in [0.4, 0.5) is 0 Å². The second kappa shape index (κ2) is 4.79. The zero-order valence-corrected chi connectivity index (χ0v) is 11.5. The van der Waals surface area contributed by atoms with Gasteiger partial charge in [0.05, 0.1) is 0 Å². The Bertz CT molecular complexity index is 725. The molecule has 4 rings (SSSR count). The third-order valence-electron chi connectivity index (χ3n) is 4.40. The lowest BCUT2D eigenvalue weighted by Gasteiger charge is -2.08. The Hall–Kier alpha value is -2.08. The van der Waals surface area contributed by atoms with E-state index < -0.39 is 0 Å². The van der Waals surface area contributed by atoms with Crippen molar-refractivity contribution in [3.8, 4) is 0 Å². The van der Waals surface area contributed by atoms with E-state index in [2.05, 4.69) is 72.8 Å². The molecule has 0 saturated heterocycles. The third kappa shape index (κ3) is 2.12. The Morgan fingerprint density at radius 3 is 1.10 bits per heavy atom. The maximum atomic E-state index is 2.41. The summed E-state index contributed by atoms with van der Waals surface area (Å²) in [5.74, 6) is 1.22. The summed E-state index contributed by atoms with van der Waals surface area (Å²) in [6, 6.07) is 17.4. The van der Waals surface area contributed by atoms with Gasteiger partial charge in [-0.05, 0) is 45.6 Å². The number of hydrogen-bond acceptors (Lipinski definition) is 0. The van der Waals surface area contributed by atoms with Crippen LogP contribution in [0, 0.1) is 11.8 Å². The lowest BCUT2D eigenvalue weighted by Crippen LogP contribution is -2.19. The minimum atomic E-state index is 0.609. The van der Waals surface area contributed by atoms with Crippen LogP contribution in [-0.4, -0.2) is 0 Å². The Balaban J connectivity index is 1.49. The predicted octanol–water partition coefficient (Wildman–Crippen LogP) is 1.55. The zero-order valence-electron chi connectivity index (χ0n) is 11.5. The summed E-state index contributed by atoms with van der Waals surface area (Å²) in [4.78, 5) is 0. The molecule has 2 aliphatic carbocycles. The molecule has 0 aromatic heterocycles. The first kappa shape index (κ1) is 11.7. The van der Waals surface area contributed by atoms with E-state index in [-0.39, 0.29) is 0 Å². The van der Waals surface area contributed by atoms with Gasteiger partial charge in [-0.2, -0.15) is 0 Å². The van der Waals surface area contributed by atoms with E-state index in [1.807, 2.05) is 0 Å². The maximum absolute atomic E-state index is 2.41. The Morgan fingerprint density at radius 1 is 0.500 bits per heavy atom.